The van der Waals surface area contributed by atoms with Crippen LogP contribution in [0.3, 0.4) is 0 Å². The van der Waals surface area contributed by atoms with Crippen molar-refractivity contribution in [3.05, 3.63) is 6.92 Å². The molecule has 0 saturated heterocycles. The number of ether oxygens (including phenoxy) is 2. The summed E-state index contributed by atoms with van der Waals surface area (Å²) in [5.74, 6) is 0.145. The lowest BCUT2D eigenvalue weighted by Gasteiger charge is -2.15. The summed E-state index contributed by atoms with van der Waals surface area (Å²) >= 11 is 0. The smallest absolute Gasteiger partial charge is 0.134 e. The highest BCUT2D eigenvalue weighted by atomic mass is 28.2. The first kappa shape index (κ1) is 12.1. The molecule has 12 heavy (non-hydrogen) atoms. The van der Waals surface area contributed by atoms with E-state index in [4.69, 9.17) is 9.47 Å². The summed E-state index contributed by atoms with van der Waals surface area (Å²) in [5.41, 5.74) is 0. The van der Waals surface area contributed by atoms with Crippen LogP contribution in [0.25, 0.3) is 0 Å². The highest BCUT2D eigenvalue weighted by Crippen LogP contribution is 2.00. The molecule has 0 aliphatic heterocycles. The molecular formula is C9H21O2Si. The Labute approximate surface area is 78.5 Å². The molecule has 0 saturated carbocycles. The molecule has 0 spiro atoms. The number of hydrogen-bond donors (Lipinski definition) is 0. The van der Waals surface area contributed by atoms with Crippen molar-refractivity contribution in [1.29, 1.82) is 0 Å². The second kappa shape index (κ2) is 9.23. The first-order valence-corrected chi connectivity index (χ1v) is 6.69. The fourth-order valence-corrected chi connectivity index (χ4v) is 2.85. The summed E-state index contributed by atoms with van der Waals surface area (Å²) in [6.07, 6.45) is 2.26. The van der Waals surface area contributed by atoms with E-state index in [-0.39, 0.29) is 15.4 Å². The molecule has 1 radical (unpaired) electrons. The van der Waals surface area contributed by atoms with E-state index >= 15 is 0 Å². The van der Waals surface area contributed by atoms with E-state index in [9.17, 15) is 0 Å². The maximum absolute atomic E-state index is 5.45. The van der Waals surface area contributed by atoms with Crippen molar-refractivity contribution in [3.63, 3.8) is 0 Å². The van der Waals surface area contributed by atoms with Crippen LogP contribution < -0.4 is 0 Å². The van der Waals surface area contributed by atoms with Crippen molar-refractivity contribution >= 4 is 9.52 Å². The lowest BCUT2D eigenvalue weighted by atomic mass is 10.4. The molecule has 0 rings (SSSR count). The van der Waals surface area contributed by atoms with Gasteiger partial charge in [-0.25, -0.2) is 0 Å². The summed E-state index contributed by atoms with van der Waals surface area (Å²) in [6, 6.07) is 1.29. The van der Waals surface area contributed by atoms with Gasteiger partial charge in [0.2, 0.25) is 0 Å². The van der Waals surface area contributed by atoms with Gasteiger partial charge in [-0.05, 0) is 13.8 Å². The van der Waals surface area contributed by atoms with Crippen LogP contribution >= 0.6 is 0 Å². The lowest BCUT2D eigenvalue weighted by molar-refractivity contribution is -0.0827. The molecule has 0 aromatic rings. The predicted octanol–water partition coefficient (Wildman–Crippen LogP) is 1.54. The molecule has 0 fully saturated rings. The molecule has 0 heterocycles. The topological polar surface area (TPSA) is 18.5 Å². The molecule has 0 atom stereocenters. The van der Waals surface area contributed by atoms with E-state index in [2.05, 4.69) is 6.92 Å². The van der Waals surface area contributed by atoms with Gasteiger partial charge in [0.15, 0.2) is 0 Å². The highest BCUT2D eigenvalue weighted by molar-refractivity contribution is 6.36. The van der Waals surface area contributed by atoms with E-state index in [1.165, 1.54) is 12.5 Å². The third-order valence-corrected chi connectivity index (χ3v) is 3.50. The molecule has 0 bridgehead atoms. The quantitative estimate of drug-likeness (QED) is 0.328. The zero-order valence-corrected chi connectivity index (χ0v) is 9.76. The minimum Gasteiger partial charge on any atom is -0.357 e. The Morgan fingerprint density at radius 3 is 2.25 bits per heavy atom. The van der Waals surface area contributed by atoms with Gasteiger partial charge < -0.3 is 9.47 Å². The van der Waals surface area contributed by atoms with Crippen molar-refractivity contribution in [1.82, 2.24) is 0 Å². The summed E-state index contributed by atoms with van der Waals surface area (Å²) in [6.45, 7) is 9.38. The van der Waals surface area contributed by atoms with Gasteiger partial charge >= 0.3 is 0 Å². The Balaban J connectivity index is 3.34. The van der Waals surface area contributed by atoms with Gasteiger partial charge in [0.25, 0.3) is 0 Å². The number of unbranched alkanes of at least 4 members (excludes halogenated alkanes) is 1. The minimum atomic E-state index is -0.192. The molecule has 0 aromatic heterocycles. The lowest BCUT2D eigenvalue weighted by Crippen LogP contribution is -2.24. The molecule has 73 valence electrons. The summed E-state index contributed by atoms with van der Waals surface area (Å²) in [7, 11) is -0.192. The van der Waals surface area contributed by atoms with Crippen LogP contribution in [0.5, 0.6) is 0 Å². The van der Waals surface area contributed by atoms with Gasteiger partial charge in [-0.15, -0.1) is 0 Å². The van der Waals surface area contributed by atoms with Crippen LogP contribution in [0.4, 0.5) is 0 Å². The van der Waals surface area contributed by atoms with Crippen molar-refractivity contribution in [2.45, 2.75) is 38.6 Å². The molecule has 0 N–H and O–H groups in total. The molecule has 0 aromatic carbocycles. The molecule has 2 nitrogen and oxygen atoms in total. The molecular weight excluding hydrogens is 168 g/mol. The largest absolute Gasteiger partial charge is 0.357 e. The normalized spacial score (nSPS) is 12.0. The minimum absolute atomic E-state index is 0.145. The van der Waals surface area contributed by atoms with Crippen LogP contribution in [0.2, 0.25) is 6.04 Å². The second-order valence-corrected chi connectivity index (χ2v) is 4.64. The highest BCUT2D eigenvalue weighted by Gasteiger charge is 2.06. The Morgan fingerprint density at radius 2 is 1.83 bits per heavy atom. The fourth-order valence-electron chi connectivity index (χ4n) is 1.07. The van der Waals surface area contributed by atoms with Crippen LogP contribution in [-0.2, 0) is 9.47 Å². The first-order valence-electron chi connectivity index (χ1n) is 4.87. The number of rotatable bonds is 8. The van der Waals surface area contributed by atoms with E-state index in [1.807, 2.05) is 13.8 Å². The van der Waals surface area contributed by atoms with E-state index < -0.39 is 0 Å². The van der Waals surface area contributed by atoms with E-state index in [0.29, 0.717) is 0 Å². The molecule has 0 aliphatic carbocycles. The Morgan fingerprint density at radius 1 is 1.25 bits per heavy atom. The van der Waals surface area contributed by atoms with Crippen molar-refractivity contribution in [2.75, 3.05) is 13.2 Å². The maximum atomic E-state index is 5.45. The standard InChI is InChI=1S/C9H21O2Si/c1-4-7-8-12-9(10-5-2)11-6-3/h9H,1,4-8,12H2,2-3H3. The van der Waals surface area contributed by atoms with Gasteiger partial charge in [0.1, 0.15) is 5.91 Å². The molecule has 0 unspecified atom stereocenters. The van der Waals surface area contributed by atoms with Crippen LogP contribution in [-0.4, -0.2) is 28.6 Å². The van der Waals surface area contributed by atoms with Crippen LogP contribution in [0.15, 0.2) is 0 Å². The van der Waals surface area contributed by atoms with Gasteiger partial charge in [0.05, 0.1) is 9.52 Å². The summed E-state index contributed by atoms with van der Waals surface area (Å²) in [4.78, 5) is 0. The van der Waals surface area contributed by atoms with Gasteiger partial charge in [-0.1, -0.05) is 25.8 Å². The SMILES string of the molecule is [CH2]CCC[SiH2]C(OCC)OCC. The van der Waals surface area contributed by atoms with Crippen molar-refractivity contribution < 1.29 is 9.47 Å². The van der Waals surface area contributed by atoms with E-state index in [0.717, 1.165) is 19.6 Å². The first-order chi connectivity index (χ1) is 5.85. The van der Waals surface area contributed by atoms with Crippen LogP contribution in [0, 0.1) is 6.92 Å². The van der Waals surface area contributed by atoms with Crippen LogP contribution in [0.1, 0.15) is 26.7 Å². The summed E-state index contributed by atoms with van der Waals surface area (Å²) < 4.78 is 10.9. The average molecular weight is 189 g/mol. The molecule has 3 heteroatoms. The van der Waals surface area contributed by atoms with Crippen molar-refractivity contribution in [3.8, 4) is 0 Å². The number of hydrogen-bond acceptors (Lipinski definition) is 2. The molecule has 0 aliphatic rings. The Hall–Kier alpha value is 0.137. The summed E-state index contributed by atoms with van der Waals surface area (Å²) in [5, 5.41) is 0. The second-order valence-electron chi connectivity index (χ2n) is 2.69. The Bertz CT molecular complexity index is 82.6. The van der Waals surface area contributed by atoms with Crippen molar-refractivity contribution in [2.24, 2.45) is 0 Å². The fraction of sp³-hybridized carbons (Fsp3) is 0.889. The van der Waals surface area contributed by atoms with Gasteiger partial charge in [-0.3, -0.25) is 0 Å². The van der Waals surface area contributed by atoms with Gasteiger partial charge in [-0.2, -0.15) is 0 Å². The Kier molecular flexibility index (Phi) is 9.33. The predicted molar refractivity (Wildman–Crippen MR) is 55.0 cm³/mol. The monoisotopic (exact) mass is 189 g/mol. The van der Waals surface area contributed by atoms with E-state index in [1.54, 1.807) is 0 Å². The van der Waals surface area contributed by atoms with Gasteiger partial charge in [0, 0.05) is 13.2 Å². The third-order valence-electron chi connectivity index (χ3n) is 1.64. The zero-order chi connectivity index (χ0) is 9.23. The zero-order valence-electron chi connectivity index (χ0n) is 8.34. The maximum Gasteiger partial charge on any atom is 0.134 e. The third kappa shape index (κ3) is 6.82. The average Bonchev–Trinajstić information content (AvgIpc) is 2.06. The molecule has 0 amide bonds.